The molecule has 7 heteroatoms. The molecule has 2 amide bonds. The van der Waals surface area contributed by atoms with E-state index in [4.69, 9.17) is 27.9 Å². The Bertz CT molecular complexity index is 965. The van der Waals surface area contributed by atoms with E-state index in [-0.39, 0.29) is 24.5 Å². The number of hydrogen-bond acceptors (Lipinski definition) is 3. The number of ether oxygens (including phenoxy) is 1. The third kappa shape index (κ3) is 7.13. The zero-order valence-electron chi connectivity index (χ0n) is 20.2. The van der Waals surface area contributed by atoms with Crippen molar-refractivity contribution in [3.8, 4) is 5.75 Å². The van der Waals surface area contributed by atoms with Crippen LogP contribution in [0, 0.1) is 13.8 Å². The molecule has 0 radical (unpaired) electrons. The van der Waals surface area contributed by atoms with E-state index in [1.165, 1.54) is 6.42 Å². The molecule has 1 fully saturated rings. The van der Waals surface area contributed by atoms with Gasteiger partial charge in [-0.25, -0.2) is 0 Å². The highest BCUT2D eigenvalue weighted by Crippen LogP contribution is 2.26. The first-order valence-electron chi connectivity index (χ1n) is 12.0. The number of nitrogens with zero attached hydrogens (tertiary/aromatic N) is 1. The first-order valence-corrected chi connectivity index (χ1v) is 12.8. The summed E-state index contributed by atoms with van der Waals surface area (Å²) in [4.78, 5) is 28.3. The lowest BCUT2D eigenvalue weighted by Gasteiger charge is -2.32. The van der Waals surface area contributed by atoms with Gasteiger partial charge in [-0.1, -0.05) is 61.5 Å². The van der Waals surface area contributed by atoms with Crippen LogP contribution >= 0.6 is 23.2 Å². The highest BCUT2D eigenvalue weighted by molar-refractivity contribution is 6.32. The number of hydrogen-bond donors (Lipinski definition) is 1. The second kappa shape index (κ2) is 12.5. The summed E-state index contributed by atoms with van der Waals surface area (Å²) in [5, 5.41) is 4.50. The van der Waals surface area contributed by atoms with E-state index in [1.54, 1.807) is 17.0 Å². The third-order valence-electron chi connectivity index (χ3n) is 6.38. The van der Waals surface area contributed by atoms with E-state index in [0.717, 1.165) is 42.4 Å². The number of rotatable bonds is 9. The summed E-state index contributed by atoms with van der Waals surface area (Å²) >= 11 is 12.3. The molecule has 0 heterocycles. The van der Waals surface area contributed by atoms with Crippen LogP contribution in [0.15, 0.2) is 36.4 Å². The van der Waals surface area contributed by atoms with E-state index in [0.29, 0.717) is 28.8 Å². The predicted octanol–water partition coefficient (Wildman–Crippen LogP) is 6.25. The summed E-state index contributed by atoms with van der Waals surface area (Å²) in [6, 6.07) is 10.6. The van der Waals surface area contributed by atoms with E-state index in [2.05, 4.69) is 5.32 Å². The Kier molecular flexibility index (Phi) is 9.66. The second-order valence-electron chi connectivity index (χ2n) is 9.08. The van der Waals surface area contributed by atoms with Crippen LogP contribution in [-0.4, -0.2) is 35.4 Å². The number of nitrogens with one attached hydrogen (secondary N) is 1. The summed E-state index contributed by atoms with van der Waals surface area (Å²) in [7, 11) is 0. The standard InChI is InChI=1S/C27H34Cl2N2O3/c1-4-24(27(33)30-22-8-6-5-7-9-22)31(16-20-10-12-21(28)13-11-20)25(32)17-34-23-14-18(2)26(29)19(3)15-23/h10-15,22,24H,4-9,16-17H2,1-3H3,(H,30,33). The molecule has 1 unspecified atom stereocenters. The SMILES string of the molecule is CCC(C(=O)NC1CCCCC1)N(Cc1ccc(Cl)cc1)C(=O)COc1cc(C)c(Cl)c(C)c1. The summed E-state index contributed by atoms with van der Waals surface area (Å²) in [6.07, 6.45) is 5.96. The fourth-order valence-electron chi connectivity index (χ4n) is 4.47. The molecule has 1 N–H and O–H groups in total. The number of carbonyl (C=O) groups excluding carboxylic acids is 2. The molecule has 0 bridgehead atoms. The van der Waals surface area contributed by atoms with Gasteiger partial charge in [0.2, 0.25) is 5.91 Å². The van der Waals surface area contributed by atoms with Gasteiger partial charge in [0, 0.05) is 22.6 Å². The Labute approximate surface area is 212 Å². The average molecular weight is 505 g/mol. The van der Waals surface area contributed by atoms with Gasteiger partial charge >= 0.3 is 0 Å². The fraction of sp³-hybridized carbons (Fsp3) is 0.481. The maximum Gasteiger partial charge on any atom is 0.261 e. The molecule has 34 heavy (non-hydrogen) atoms. The van der Waals surface area contributed by atoms with Crippen LogP contribution in [0.1, 0.15) is 62.1 Å². The van der Waals surface area contributed by atoms with Crippen LogP contribution in [-0.2, 0) is 16.1 Å². The largest absolute Gasteiger partial charge is 0.484 e. The van der Waals surface area contributed by atoms with Crippen LogP contribution in [0.2, 0.25) is 10.0 Å². The Balaban J connectivity index is 1.77. The van der Waals surface area contributed by atoms with Gasteiger partial charge in [-0.2, -0.15) is 0 Å². The average Bonchev–Trinajstić information content (AvgIpc) is 2.82. The van der Waals surface area contributed by atoms with E-state index in [1.807, 2.05) is 45.0 Å². The second-order valence-corrected chi connectivity index (χ2v) is 9.89. The monoisotopic (exact) mass is 504 g/mol. The Hall–Kier alpha value is -2.24. The molecular formula is C27H34Cl2N2O3. The van der Waals surface area contributed by atoms with Crippen LogP contribution < -0.4 is 10.1 Å². The van der Waals surface area contributed by atoms with Crippen molar-refractivity contribution in [3.05, 3.63) is 63.1 Å². The van der Waals surface area contributed by atoms with Gasteiger partial charge in [-0.05, 0) is 74.1 Å². The van der Waals surface area contributed by atoms with Crippen molar-refractivity contribution < 1.29 is 14.3 Å². The van der Waals surface area contributed by atoms with Crippen LogP contribution in [0.3, 0.4) is 0 Å². The molecule has 184 valence electrons. The Morgan fingerprint density at radius 2 is 1.68 bits per heavy atom. The van der Waals surface area contributed by atoms with Crippen LogP contribution in [0.5, 0.6) is 5.75 Å². The molecule has 0 aromatic heterocycles. The molecule has 0 saturated heterocycles. The first-order chi connectivity index (χ1) is 16.3. The van der Waals surface area contributed by atoms with Crippen molar-refractivity contribution >= 4 is 35.0 Å². The number of benzene rings is 2. The number of aryl methyl sites for hydroxylation is 2. The molecule has 1 saturated carbocycles. The number of carbonyl (C=O) groups is 2. The lowest BCUT2D eigenvalue weighted by molar-refractivity contribution is -0.143. The lowest BCUT2D eigenvalue weighted by atomic mass is 9.95. The lowest BCUT2D eigenvalue weighted by Crippen LogP contribution is -2.52. The number of halogens is 2. The van der Waals surface area contributed by atoms with Gasteiger partial charge in [0.15, 0.2) is 6.61 Å². The maximum absolute atomic E-state index is 13.4. The molecule has 3 rings (SSSR count). The van der Waals surface area contributed by atoms with Gasteiger partial charge in [0.1, 0.15) is 11.8 Å². The number of amides is 2. The van der Waals surface area contributed by atoms with Gasteiger partial charge in [-0.15, -0.1) is 0 Å². The van der Waals surface area contributed by atoms with E-state index < -0.39 is 6.04 Å². The maximum atomic E-state index is 13.4. The summed E-state index contributed by atoms with van der Waals surface area (Å²) in [5.74, 6) is 0.236. The van der Waals surface area contributed by atoms with Crippen molar-refractivity contribution in [2.45, 2.75) is 77.9 Å². The molecule has 0 aliphatic heterocycles. The third-order valence-corrected chi connectivity index (χ3v) is 7.22. The van der Waals surface area contributed by atoms with E-state index >= 15 is 0 Å². The van der Waals surface area contributed by atoms with Crippen LogP contribution in [0.4, 0.5) is 0 Å². The van der Waals surface area contributed by atoms with Crippen molar-refractivity contribution in [1.29, 1.82) is 0 Å². The van der Waals surface area contributed by atoms with Crippen molar-refractivity contribution in [1.82, 2.24) is 10.2 Å². The molecule has 1 aliphatic rings. The summed E-state index contributed by atoms with van der Waals surface area (Å²) in [6.45, 7) is 5.87. The van der Waals surface area contributed by atoms with Crippen LogP contribution in [0.25, 0.3) is 0 Å². The zero-order valence-corrected chi connectivity index (χ0v) is 21.7. The van der Waals surface area contributed by atoms with Crippen molar-refractivity contribution in [2.75, 3.05) is 6.61 Å². The smallest absolute Gasteiger partial charge is 0.261 e. The quantitative estimate of drug-likeness (QED) is 0.439. The highest BCUT2D eigenvalue weighted by atomic mass is 35.5. The van der Waals surface area contributed by atoms with Gasteiger partial charge in [0.05, 0.1) is 0 Å². The van der Waals surface area contributed by atoms with E-state index in [9.17, 15) is 9.59 Å². The van der Waals surface area contributed by atoms with Crippen molar-refractivity contribution in [3.63, 3.8) is 0 Å². The predicted molar refractivity (Wildman–Crippen MR) is 138 cm³/mol. The molecule has 1 atom stereocenters. The summed E-state index contributed by atoms with van der Waals surface area (Å²) in [5.41, 5.74) is 2.68. The Morgan fingerprint density at radius 1 is 1.06 bits per heavy atom. The van der Waals surface area contributed by atoms with Gasteiger partial charge in [0.25, 0.3) is 5.91 Å². The molecule has 0 spiro atoms. The topological polar surface area (TPSA) is 58.6 Å². The molecule has 1 aliphatic carbocycles. The van der Waals surface area contributed by atoms with Gasteiger partial charge in [-0.3, -0.25) is 9.59 Å². The first kappa shape index (κ1) is 26.4. The van der Waals surface area contributed by atoms with Crippen molar-refractivity contribution in [2.24, 2.45) is 0 Å². The summed E-state index contributed by atoms with van der Waals surface area (Å²) < 4.78 is 5.84. The molecular weight excluding hydrogens is 471 g/mol. The fourth-order valence-corrected chi connectivity index (χ4v) is 4.70. The molecule has 2 aromatic rings. The van der Waals surface area contributed by atoms with Gasteiger partial charge < -0.3 is 15.0 Å². The normalized spacial score (nSPS) is 15.0. The minimum Gasteiger partial charge on any atom is -0.484 e. The zero-order chi connectivity index (χ0) is 24.7. The molecule has 5 nitrogen and oxygen atoms in total. The molecule has 2 aromatic carbocycles. The minimum atomic E-state index is -0.581. The highest BCUT2D eigenvalue weighted by Gasteiger charge is 2.30. The Morgan fingerprint density at radius 3 is 2.26 bits per heavy atom. The minimum absolute atomic E-state index is 0.102.